The van der Waals surface area contributed by atoms with Crippen molar-refractivity contribution in [1.82, 2.24) is 0 Å². The van der Waals surface area contributed by atoms with E-state index in [1.54, 1.807) is 46.9 Å². The summed E-state index contributed by atoms with van der Waals surface area (Å²) in [6.45, 7) is 0. The van der Waals surface area contributed by atoms with Crippen LogP contribution in [0.15, 0.2) is 24.3 Å². The van der Waals surface area contributed by atoms with Gasteiger partial charge in [-0.25, -0.2) is 4.79 Å². The van der Waals surface area contributed by atoms with Gasteiger partial charge in [0, 0.05) is 10.8 Å². The van der Waals surface area contributed by atoms with Gasteiger partial charge < -0.3 is 15.3 Å². The Labute approximate surface area is 104 Å². The smallest absolute Gasteiger partial charge is 0.340 e. The summed E-state index contributed by atoms with van der Waals surface area (Å²) in [6, 6.07) is 6.51. The summed E-state index contributed by atoms with van der Waals surface area (Å²) in [4.78, 5) is 11.1. The largest absolute Gasteiger partial charge is 0.506 e. The normalized spacial score (nSPS) is 10.6. The molecule has 0 amide bonds. The van der Waals surface area contributed by atoms with E-state index in [-0.39, 0.29) is 14.9 Å². The average molecular weight is 330 g/mol. The lowest BCUT2D eigenvalue weighted by Crippen LogP contribution is -2.00. The SMILES string of the molecule is O=C(O)c1c(O)c(I)c(O)c2ccccc12. The molecule has 3 N–H and O–H groups in total. The number of aromatic carboxylic acids is 1. The van der Waals surface area contributed by atoms with Gasteiger partial charge in [-0.15, -0.1) is 0 Å². The van der Waals surface area contributed by atoms with Gasteiger partial charge in [0.1, 0.15) is 17.1 Å². The van der Waals surface area contributed by atoms with E-state index < -0.39 is 11.7 Å². The van der Waals surface area contributed by atoms with E-state index in [9.17, 15) is 15.0 Å². The third kappa shape index (κ3) is 1.47. The lowest BCUT2D eigenvalue weighted by molar-refractivity contribution is 0.0696. The van der Waals surface area contributed by atoms with E-state index >= 15 is 0 Å². The lowest BCUT2D eigenvalue weighted by atomic mass is 10.0. The summed E-state index contributed by atoms with van der Waals surface area (Å²) in [5.74, 6) is -1.71. The molecule has 82 valence electrons. The van der Waals surface area contributed by atoms with Crippen molar-refractivity contribution in [2.75, 3.05) is 0 Å². The van der Waals surface area contributed by atoms with E-state index in [1.165, 1.54) is 0 Å². The van der Waals surface area contributed by atoms with Crippen LogP contribution >= 0.6 is 22.6 Å². The summed E-state index contributed by atoms with van der Waals surface area (Å²) in [5, 5.41) is 29.3. The zero-order valence-electron chi connectivity index (χ0n) is 7.94. The van der Waals surface area contributed by atoms with Crippen molar-refractivity contribution in [1.29, 1.82) is 0 Å². The number of hydrogen-bond acceptors (Lipinski definition) is 3. The van der Waals surface area contributed by atoms with Crippen LogP contribution in [0.3, 0.4) is 0 Å². The van der Waals surface area contributed by atoms with Gasteiger partial charge in [0.05, 0.1) is 3.57 Å². The Bertz CT molecular complexity index is 592. The van der Waals surface area contributed by atoms with E-state index in [1.807, 2.05) is 0 Å². The third-order valence-corrected chi connectivity index (χ3v) is 3.34. The fraction of sp³-hybridized carbons (Fsp3) is 0. The van der Waals surface area contributed by atoms with Crippen LogP contribution in [-0.4, -0.2) is 21.3 Å². The number of benzene rings is 2. The molecule has 0 aliphatic heterocycles. The Balaban J connectivity index is 3.04. The number of hydrogen-bond donors (Lipinski definition) is 3. The summed E-state index contributed by atoms with van der Waals surface area (Å²) in [6.07, 6.45) is 0. The first kappa shape index (κ1) is 11.0. The molecule has 0 saturated heterocycles. The number of rotatable bonds is 1. The molecule has 0 saturated carbocycles. The van der Waals surface area contributed by atoms with Crippen molar-refractivity contribution in [3.63, 3.8) is 0 Å². The molecule has 0 heterocycles. The summed E-state index contributed by atoms with van der Waals surface area (Å²) >= 11 is 1.71. The molecule has 0 atom stereocenters. The van der Waals surface area contributed by atoms with Crippen molar-refractivity contribution >= 4 is 39.3 Å². The van der Waals surface area contributed by atoms with Crippen LogP contribution in [0.4, 0.5) is 0 Å². The van der Waals surface area contributed by atoms with Crippen LogP contribution < -0.4 is 0 Å². The second kappa shape index (κ2) is 3.82. The van der Waals surface area contributed by atoms with Crippen molar-refractivity contribution in [3.8, 4) is 11.5 Å². The number of phenolic OH excluding ortho intramolecular Hbond substituents is 1. The van der Waals surface area contributed by atoms with Crippen LogP contribution in [0.25, 0.3) is 10.8 Å². The molecule has 0 spiro atoms. The van der Waals surface area contributed by atoms with Crippen LogP contribution in [-0.2, 0) is 0 Å². The average Bonchev–Trinajstić information content (AvgIpc) is 2.26. The van der Waals surface area contributed by atoms with Gasteiger partial charge in [0.2, 0.25) is 0 Å². The zero-order valence-corrected chi connectivity index (χ0v) is 10.1. The summed E-state index contributed by atoms with van der Waals surface area (Å²) in [7, 11) is 0. The van der Waals surface area contributed by atoms with Crippen LogP contribution in [0.5, 0.6) is 11.5 Å². The first-order chi connectivity index (χ1) is 7.54. The highest BCUT2D eigenvalue weighted by Gasteiger charge is 2.20. The number of aromatic hydroxyl groups is 2. The van der Waals surface area contributed by atoms with Crippen LogP contribution in [0.2, 0.25) is 0 Å². The quantitative estimate of drug-likeness (QED) is 0.703. The van der Waals surface area contributed by atoms with Gasteiger partial charge in [-0.2, -0.15) is 0 Å². The highest BCUT2D eigenvalue weighted by molar-refractivity contribution is 14.1. The zero-order chi connectivity index (χ0) is 11.9. The number of carboxylic acid groups (broad SMARTS) is 1. The number of halogens is 1. The molecule has 0 bridgehead atoms. The molecule has 5 heteroatoms. The molecule has 0 fully saturated rings. The molecule has 2 rings (SSSR count). The van der Waals surface area contributed by atoms with Crippen molar-refractivity contribution < 1.29 is 20.1 Å². The van der Waals surface area contributed by atoms with E-state index in [4.69, 9.17) is 5.11 Å². The monoisotopic (exact) mass is 330 g/mol. The van der Waals surface area contributed by atoms with Gasteiger partial charge >= 0.3 is 5.97 Å². The first-order valence-electron chi connectivity index (χ1n) is 4.39. The molecule has 4 nitrogen and oxygen atoms in total. The fourth-order valence-corrected chi connectivity index (χ4v) is 2.15. The highest BCUT2D eigenvalue weighted by atomic mass is 127. The molecule has 2 aromatic carbocycles. The van der Waals surface area contributed by atoms with E-state index in [0.29, 0.717) is 10.8 Å². The Morgan fingerprint density at radius 2 is 1.62 bits per heavy atom. The van der Waals surface area contributed by atoms with Crippen molar-refractivity contribution in [2.45, 2.75) is 0 Å². The predicted molar refractivity (Wildman–Crippen MR) is 67.0 cm³/mol. The van der Waals surface area contributed by atoms with Gasteiger partial charge in [-0.05, 0) is 22.6 Å². The maximum atomic E-state index is 11.1. The van der Waals surface area contributed by atoms with E-state index in [0.717, 1.165) is 0 Å². The molecule has 0 aromatic heterocycles. The Morgan fingerprint density at radius 3 is 2.19 bits per heavy atom. The molecule has 2 aromatic rings. The second-order valence-electron chi connectivity index (χ2n) is 3.24. The molecule has 0 unspecified atom stereocenters. The predicted octanol–water partition coefficient (Wildman–Crippen LogP) is 2.55. The minimum absolute atomic E-state index is 0.0984. The minimum Gasteiger partial charge on any atom is -0.506 e. The van der Waals surface area contributed by atoms with Gasteiger partial charge in [-0.3, -0.25) is 0 Å². The Hall–Kier alpha value is -1.50. The summed E-state index contributed by atoms with van der Waals surface area (Å²) in [5.41, 5.74) is -0.183. The minimum atomic E-state index is -1.22. The maximum absolute atomic E-state index is 11.1. The van der Waals surface area contributed by atoms with E-state index in [2.05, 4.69) is 0 Å². The number of carbonyl (C=O) groups is 1. The van der Waals surface area contributed by atoms with Gasteiger partial charge in [0.25, 0.3) is 0 Å². The molecule has 0 aliphatic carbocycles. The molecule has 16 heavy (non-hydrogen) atoms. The van der Waals surface area contributed by atoms with Gasteiger partial charge in [0.15, 0.2) is 0 Å². The summed E-state index contributed by atoms with van der Waals surface area (Å²) < 4.78 is 0.147. The lowest BCUT2D eigenvalue weighted by Gasteiger charge is -2.09. The van der Waals surface area contributed by atoms with Crippen molar-refractivity contribution in [3.05, 3.63) is 33.4 Å². The van der Waals surface area contributed by atoms with Crippen molar-refractivity contribution in [2.24, 2.45) is 0 Å². The number of carboxylic acids is 1. The number of phenols is 2. The highest BCUT2D eigenvalue weighted by Crippen LogP contribution is 2.40. The molecule has 0 radical (unpaired) electrons. The maximum Gasteiger partial charge on any atom is 0.340 e. The third-order valence-electron chi connectivity index (χ3n) is 2.32. The Morgan fingerprint density at radius 1 is 1.06 bits per heavy atom. The standard InChI is InChI=1S/C11H7IO4/c12-8-9(13)6-4-2-1-3-5(6)7(10(8)14)11(15)16/h1-4,13-14H,(H,15,16). The van der Waals surface area contributed by atoms with Crippen LogP contribution in [0, 0.1) is 3.57 Å². The molecular formula is C11H7IO4. The first-order valence-corrected chi connectivity index (χ1v) is 5.47. The fourth-order valence-electron chi connectivity index (χ4n) is 1.59. The molecule has 0 aliphatic rings. The number of fused-ring (bicyclic) bond motifs is 1. The van der Waals surface area contributed by atoms with Crippen LogP contribution in [0.1, 0.15) is 10.4 Å². The molecular weight excluding hydrogens is 323 g/mol. The Kier molecular flexibility index (Phi) is 2.63. The second-order valence-corrected chi connectivity index (χ2v) is 4.32. The topological polar surface area (TPSA) is 77.8 Å². The van der Waals surface area contributed by atoms with Gasteiger partial charge in [-0.1, -0.05) is 24.3 Å².